The molecule has 17 heavy (non-hydrogen) atoms. The van der Waals surface area contributed by atoms with E-state index in [0.29, 0.717) is 0 Å². The molecule has 88 valence electrons. The van der Waals surface area contributed by atoms with E-state index in [4.69, 9.17) is 11.6 Å². The Morgan fingerprint density at radius 2 is 2.06 bits per heavy atom. The van der Waals surface area contributed by atoms with Gasteiger partial charge >= 0.3 is 0 Å². The Balaban J connectivity index is 1.99. The molecule has 0 spiro atoms. The molecule has 2 rings (SSSR count). The molecule has 0 bridgehead atoms. The second-order valence-corrected chi connectivity index (χ2v) is 4.39. The van der Waals surface area contributed by atoms with Gasteiger partial charge in [0.15, 0.2) is 0 Å². The Labute approximate surface area is 107 Å². The van der Waals surface area contributed by atoms with E-state index in [1.807, 2.05) is 36.5 Å². The monoisotopic (exact) mass is 246 g/mol. The van der Waals surface area contributed by atoms with Gasteiger partial charge in [-0.2, -0.15) is 0 Å². The van der Waals surface area contributed by atoms with Crippen LogP contribution in [0.5, 0.6) is 0 Å². The lowest BCUT2D eigenvalue weighted by atomic mass is 10.1. The van der Waals surface area contributed by atoms with Gasteiger partial charge in [-0.1, -0.05) is 35.9 Å². The molecule has 1 aromatic carbocycles. The molecule has 0 fully saturated rings. The molecule has 0 amide bonds. The smallest absolute Gasteiger partial charge is 0.0453 e. The van der Waals surface area contributed by atoms with E-state index in [9.17, 15) is 0 Å². The highest BCUT2D eigenvalue weighted by molar-refractivity contribution is 6.31. The van der Waals surface area contributed by atoms with Gasteiger partial charge in [0.25, 0.3) is 0 Å². The van der Waals surface area contributed by atoms with Gasteiger partial charge in [-0.25, -0.2) is 0 Å². The predicted octanol–water partition coefficient (Wildman–Crippen LogP) is 3.59. The average Bonchev–Trinajstić information content (AvgIpc) is 2.38. The number of benzene rings is 1. The van der Waals surface area contributed by atoms with Crippen molar-refractivity contribution in [3.8, 4) is 0 Å². The third kappa shape index (κ3) is 3.29. The molecule has 0 aliphatic heterocycles. The van der Waals surface area contributed by atoms with E-state index in [1.165, 1.54) is 5.56 Å². The molecule has 2 nitrogen and oxygen atoms in total. The van der Waals surface area contributed by atoms with E-state index < -0.39 is 0 Å². The first kappa shape index (κ1) is 12.1. The maximum atomic E-state index is 6.15. The van der Waals surface area contributed by atoms with Crippen LogP contribution >= 0.6 is 11.6 Å². The van der Waals surface area contributed by atoms with Gasteiger partial charge in [-0.15, -0.1) is 0 Å². The van der Waals surface area contributed by atoms with Crippen LogP contribution in [0, 0.1) is 0 Å². The molecule has 1 N–H and O–H groups in total. The summed E-state index contributed by atoms with van der Waals surface area (Å²) in [6.45, 7) is 2.90. The van der Waals surface area contributed by atoms with Crippen LogP contribution in [0.4, 0.5) is 0 Å². The minimum absolute atomic E-state index is 0.226. The van der Waals surface area contributed by atoms with Crippen LogP contribution in [0.25, 0.3) is 0 Å². The molecule has 0 saturated carbocycles. The van der Waals surface area contributed by atoms with Crippen LogP contribution < -0.4 is 5.32 Å². The molecule has 1 aromatic heterocycles. The highest BCUT2D eigenvalue weighted by atomic mass is 35.5. The maximum Gasteiger partial charge on any atom is 0.0453 e. The zero-order chi connectivity index (χ0) is 12.1. The largest absolute Gasteiger partial charge is 0.306 e. The van der Waals surface area contributed by atoms with Gasteiger partial charge in [0.1, 0.15) is 0 Å². The Hall–Kier alpha value is -1.38. The van der Waals surface area contributed by atoms with E-state index in [1.54, 1.807) is 6.20 Å². The van der Waals surface area contributed by atoms with Crippen molar-refractivity contribution in [1.29, 1.82) is 0 Å². The summed E-state index contributed by atoms with van der Waals surface area (Å²) < 4.78 is 0. The van der Waals surface area contributed by atoms with Crippen LogP contribution in [0.2, 0.25) is 5.02 Å². The first-order valence-corrected chi connectivity index (χ1v) is 6.02. The van der Waals surface area contributed by atoms with E-state index in [0.717, 1.165) is 17.1 Å². The molecule has 0 unspecified atom stereocenters. The highest BCUT2D eigenvalue weighted by Gasteiger charge is 2.07. The van der Waals surface area contributed by atoms with Crippen molar-refractivity contribution >= 4 is 11.6 Å². The van der Waals surface area contributed by atoms with Crippen molar-refractivity contribution in [2.45, 2.75) is 19.5 Å². The number of rotatable bonds is 4. The third-order valence-corrected chi connectivity index (χ3v) is 3.05. The summed E-state index contributed by atoms with van der Waals surface area (Å²) in [6, 6.07) is 12.1. The van der Waals surface area contributed by atoms with Gasteiger partial charge in [0.2, 0.25) is 0 Å². The fourth-order valence-electron chi connectivity index (χ4n) is 1.71. The third-order valence-electron chi connectivity index (χ3n) is 2.71. The SMILES string of the molecule is C[C@@H](NCc1cccnc1)c1ccccc1Cl. The average molecular weight is 247 g/mol. The predicted molar refractivity (Wildman–Crippen MR) is 70.9 cm³/mol. The summed E-state index contributed by atoms with van der Waals surface area (Å²) >= 11 is 6.15. The van der Waals surface area contributed by atoms with E-state index in [-0.39, 0.29) is 6.04 Å². The first-order valence-electron chi connectivity index (χ1n) is 5.64. The molecule has 0 radical (unpaired) electrons. The number of aromatic nitrogens is 1. The lowest BCUT2D eigenvalue weighted by molar-refractivity contribution is 0.574. The van der Waals surface area contributed by atoms with Crippen molar-refractivity contribution in [2.24, 2.45) is 0 Å². The molecule has 1 heterocycles. The summed E-state index contributed by atoms with van der Waals surface area (Å²) in [5, 5.41) is 4.24. The van der Waals surface area contributed by atoms with Gasteiger partial charge in [0, 0.05) is 30.0 Å². The van der Waals surface area contributed by atoms with Crippen LogP contribution in [0.1, 0.15) is 24.1 Å². The number of nitrogens with zero attached hydrogens (tertiary/aromatic N) is 1. The molecular weight excluding hydrogens is 232 g/mol. The second kappa shape index (κ2) is 5.80. The molecule has 3 heteroatoms. The lowest BCUT2D eigenvalue weighted by Gasteiger charge is -2.15. The maximum absolute atomic E-state index is 6.15. The van der Waals surface area contributed by atoms with Crippen LogP contribution in [0.15, 0.2) is 48.8 Å². The van der Waals surface area contributed by atoms with Gasteiger partial charge in [-0.05, 0) is 30.2 Å². The van der Waals surface area contributed by atoms with Gasteiger partial charge in [-0.3, -0.25) is 4.98 Å². The first-order chi connectivity index (χ1) is 8.27. The number of hydrogen-bond acceptors (Lipinski definition) is 2. The minimum atomic E-state index is 0.226. The Morgan fingerprint density at radius 1 is 1.24 bits per heavy atom. The molecule has 0 saturated heterocycles. The van der Waals surface area contributed by atoms with E-state index >= 15 is 0 Å². The number of hydrogen-bond donors (Lipinski definition) is 1. The quantitative estimate of drug-likeness (QED) is 0.892. The van der Waals surface area contributed by atoms with Gasteiger partial charge in [0.05, 0.1) is 0 Å². The van der Waals surface area contributed by atoms with E-state index in [2.05, 4.69) is 23.3 Å². The fourth-order valence-corrected chi connectivity index (χ4v) is 2.01. The highest BCUT2D eigenvalue weighted by Crippen LogP contribution is 2.22. The van der Waals surface area contributed by atoms with Gasteiger partial charge < -0.3 is 5.32 Å². The zero-order valence-electron chi connectivity index (χ0n) is 9.73. The molecule has 0 aliphatic rings. The minimum Gasteiger partial charge on any atom is -0.306 e. The van der Waals surface area contributed by atoms with Crippen LogP contribution in [-0.4, -0.2) is 4.98 Å². The fraction of sp³-hybridized carbons (Fsp3) is 0.214. The summed E-state index contributed by atoms with van der Waals surface area (Å²) in [6.07, 6.45) is 3.65. The normalized spacial score (nSPS) is 12.4. The Morgan fingerprint density at radius 3 is 2.76 bits per heavy atom. The zero-order valence-corrected chi connectivity index (χ0v) is 10.5. The molecular formula is C14H15ClN2. The standard InChI is InChI=1S/C14H15ClN2/c1-11(13-6-2-3-7-14(13)15)17-10-12-5-4-8-16-9-12/h2-9,11,17H,10H2,1H3/t11-/m1/s1. The molecule has 0 aliphatic carbocycles. The summed E-state index contributed by atoms with van der Waals surface area (Å²) in [5.74, 6) is 0. The van der Waals surface area contributed by atoms with Crippen molar-refractivity contribution < 1.29 is 0 Å². The number of halogens is 1. The number of nitrogens with one attached hydrogen (secondary N) is 1. The van der Waals surface area contributed by atoms with Crippen LogP contribution in [0.3, 0.4) is 0 Å². The molecule has 2 aromatic rings. The van der Waals surface area contributed by atoms with Crippen molar-refractivity contribution in [3.05, 3.63) is 64.9 Å². The Bertz CT molecular complexity index is 471. The Kier molecular flexibility index (Phi) is 4.13. The molecule has 1 atom stereocenters. The van der Waals surface area contributed by atoms with Crippen molar-refractivity contribution in [1.82, 2.24) is 10.3 Å². The second-order valence-electron chi connectivity index (χ2n) is 3.99. The summed E-state index contributed by atoms with van der Waals surface area (Å²) in [7, 11) is 0. The van der Waals surface area contributed by atoms with Crippen molar-refractivity contribution in [3.63, 3.8) is 0 Å². The number of pyridine rings is 1. The lowest BCUT2D eigenvalue weighted by Crippen LogP contribution is -2.18. The van der Waals surface area contributed by atoms with Crippen molar-refractivity contribution in [2.75, 3.05) is 0 Å². The summed E-state index contributed by atoms with van der Waals surface area (Å²) in [4.78, 5) is 4.09. The topological polar surface area (TPSA) is 24.9 Å². The summed E-state index contributed by atoms with van der Waals surface area (Å²) in [5.41, 5.74) is 2.30. The van der Waals surface area contributed by atoms with Crippen LogP contribution in [-0.2, 0) is 6.54 Å².